The van der Waals surface area contributed by atoms with Gasteiger partial charge in [-0.2, -0.15) is 0 Å². The first-order chi connectivity index (χ1) is 15.4. The first-order valence-electron chi connectivity index (χ1n) is 9.07. The second kappa shape index (κ2) is 10.9. The minimum Gasteiger partial charge on any atom is -0.497 e. The molecule has 2 N–H and O–H groups in total. The van der Waals surface area contributed by atoms with Crippen LogP contribution in [0.1, 0.15) is 16.1 Å². The van der Waals surface area contributed by atoms with E-state index in [9.17, 15) is 19.7 Å². The molecule has 3 rings (SSSR count). The number of nitro groups is 1. The molecule has 9 nitrogen and oxygen atoms in total. The lowest BCUT2D eigenvalue weighted by Crippen LogP contribution is -2.14. The number of hydrogen-bond acceptors (Lipinski definition) is 8. The molecule has 0 radical (unpaired) electrons. The highest BCUT2D eigenvalue weighted by Crippen LogP contribution is 2.25. The van der Waals surface area contributed by atoms with Crippen LogP contribution >= 0.6 is 34.7 Å². The number of methoxy groups -OCH3 is 1. The van der Waals surface area contributed by atoms with Gasteiger partial charge in [0, 0.05) is 29.0 Å². The summed E-state index contributed by atoms with van der Waals surface area (Å²) in [6, 6.07) is 10.7. The van der Waals surface area contributed by atoms with Crippen LogP contribution in [0.2, 0.25) is 5.02 Å². The maximum atomic E-state index is 12.4. The summed E-state index contributed by atoms with van der Waals surface area (Å²) in [4.78, 5) is 39.1. The highest BCUT2D eigenvalue weighted by Gasteiger charge is 2.17. The van der Waals surface area contributed by atoms with Gasteiger partial charge in [0.25, 0.3) is 11.6 Å². The number of ether oxygens (including phenoxy) is 1. The number of amides is 2. The topological polar surface area (TPSA) is 123 Å². The van der Waals surface area contributed by atoms with Gasteiger partial charge >= 0.3 is 0 Å². The van der Waals surface area contributed by atoms with Gasteiger partial charge < -0.3 is 10.1 Å². The van der Waals surface area contributed by atoms with Crippen molar-refractivity contribution in [2.45, 2.75) is 5.75 Å². The van der Waals surface area contributed by atoms with Crippen molar-refractivity contribution in [1.82, 2.24) is 4.98 Å². The summed E-state index contributed by atoms with van der Waals surface area (Å²) in [5.74, 6) is 0.668. The summed E-state index contributed by atoms with van der Waals surface area (Å²) in [5, 5.41) is 18.5. The number of halogens is 1. The average molecular weight is 493 g/mol. The second-order valence-electron chi connectivity index (χ2n) is 6.29. The van der Waals surface area contributed by atoms with Gasteiger partial charge in [0.1, 0.15) is 5.75 Å². The van der Waals surface area contributed by atoms with E-state index in [0.29, 0.717) is 28.0 Å². The molecule has 1 aromatic heterocycles. The van der Waals surface area contributed by atoms with Crippen LogP contribution in [-0.4, -0.2) is 34.6 Å². The van der Waals surface area contributed by atoms with Gasteiger partial charge in [0.2, 0.25) is 5.91 Å². The smallest absolute Gasteiger partial charge is 0.270 e. The Labute approximate surface area is 196 Å². The zero-order chi connectivity index (χ0) is 23.1. The maximum absolute atomic E-state index is 12.4. The summed E-state index contributed by atoms with van der Waals surface area (Å²) >= 11 is 8.57. The molecule has 0 aliphatic carbocycles. The number of nitrogens with one attached hydrogen (secondary N) is 2. The number of nitro benzene ring substituents is 1. The van der Waals surface area contributed by atoms with Gasteiger partial charge in [-0.25, -0.2) is 4.98 Å². The molecule has 0 saturated heterocycles. The lowest BCUT2D eigenvalue weighted by atomic mass is 10.2. The Morgan fingerprint density at radius 1 is 1.22 bits per heavy atom. The van der Waals surface area contributed by atoms with Crippen LogP contribution < -0.4 is 15.4 Å². The fourth-order valence-corrected chi connectivity index (χ4v) is 4.25. The van der Waals surface area contributed by atoms with Crippen LogP contribution in [0.5, 0.6) is 5.75 Å². The van der Waals surface area contributed by atoms with Gasteiger partial charge in [-0.05, 0) is 30.3 Å². The van der Waals surface area contributed by atoms with Crippen LogP contribution in [-0.2, 0) is 10.5 Å². The molecule has 0 unspecified atom stereocenters. The van der Waals surface area contributed by atoms with E-state index in [1.807, 2.05) is 0 Å². The molecule has 0 saturated carbocycles. The third-order valence-electron chi connectivity index (χ3n) is 4.03. The molecule has 0 atom stereocenters. The molecule has 0 aliphatic rings. The first-order valence-corrected chi connectivity index (χ1v) is 11.5. The van der Waals surface area contributed by atoms with Crippen LogP contribution in [0.3, 0.4) is 0 Å². The van der Waals surface area contributed by atoms with E-state index in [1.165, 1.54) is 35.2 Å². The maximum Gasteiger partial charge on any atom is 0.270 e. The summed E-state index contributed by atoms with van der Waals surface area (Å²) in [6.45, 7) is 0. The van der Waals surface area contributed by atoms with E-state index >= 15 is 0 Å². The van der Waals surface area contributed by atoms with Gasteiger partial charge in [0.15, 0.2) is 5.13 Å². The van der Waals surface area contributed by atoms with Crippen LogP contribution in [0.15, 0.2) is 47.8 Å². The Morgan fingerprint density at radius 3 is 2.66 bits per heavy atom. The fourth-order valence-electron chi connectivity index (χ4n) is 2.52. The van der Waals surface area contributed by atoms with Crippen LogP contribution in [0.4, 0.5) is 16.5 Å². The molecular weight excluding hydrogens is 476 g/mol. The zero-order valence-electron chi connectivity index (χ0n) is 16.7. The summed E-state index contributed by atoms with van der Waals surface area (Å²) in [6.07, 6.45) is 0. The number of non-ortho nitro benzene ring substituents is 1. The predicted octanol–water partition coefficient (Wildman–Crippen LogP) is 4.84. The predicted molar refractivity (Wildman–Crippen MR) is 126 cm³/mol. The minimum atomic E-state index is -0.601. The van der Waals surface area contributed by atoms with E-state index in [-0.39, 0.29) is 27.9 Å². The van der Waals surface area contributed by atoms with Crippen molar-refractivity contribution in [3.05, 3.63) is 74.2 Å². The van der Waals surface area contributed by atoms with Crippen LogP contribution in [0, 0.1) is 10.1 Å². The average Bonchev–Trinajstić information content (AvgIpc) is 3.21. The van der Waals surface area contributed by atoms with Crippen molar-refractivity contribution < 1.29 is 19.2 Å². The molecular formula is C20H17ClN4O5S2. The third kappa shape index (κ3) is 6.42. The molecule has 1 heterocycles. The number of thioether (sulfide) groups is 1. The molecule has 166 valence electrons. The summed E-state index contributed by atoms with van der Waals surface area (Å²) in [7, 11) is 1.57. The molecule has 32 heavy (non-hydrogen) atoms. The highest BCUT2D eigenvalue weighted by molar-refractivity contribution is 7.99. The number of benzene rings is 2. The highest BCUT2D eigenvalue weighted by atomic mass is 35.5. The van der Waals surface area contributed by atoms with E-state index in [1.54, 1.807) is 36.8 Å². The number of carbonyl (C=O) groups is 2. The second-order valence-corrected chi connectivity index (χ2v) is 8.54. The Bertz CT molecular complexity index is 1140. The molecule has 0 bridgehead atoms. The summed E-state index contributed by atoms with van der Waals surface area (Å²) < 4.78 is 5.08. The Kier molecular flexibility index (Phi) is 8.03. The van der Waals surface area contributed by atoms with E-state index < -0.39 is 10.8 Å². The standard InChI is InChI=1S/C20H17ClN4O5S2/c1-30-15-5-2-12(3-6-15)22-18(26)11-31-9-13-10-32-20(23-13)24-19(27)16-8-14(25(28)29)4-7-17(16)21/h2-8,10H,9,11H2,1H3,(H,22,26)(H,23,24,27). The van der Waals surface area contributed by atoms with Crippen molar-refractivity contribution in [2.24, 2.45) is 0 Å². The van der Waals surface area contributed by atoms with E-state index in [0.717, 1.165) is 6.07 Å². The largest absolute Gasteiger partial charge is 0.497 e. The number of thiazole rings is 1. The Morgan fingerprint density at radius 2 is 1.97 bits per heavy atom. The molecule has 0 fully saturated rings. The van der Waals surface area contributed by atoms with Crippen molar-refractivity contribution in [3.63, 3.8) is 0 Å². The number of carbonyl (C=O) groups excluding carboxylic acids is 2. The zero-order valence-corrected chi connectivity index (χ0v) is 19.1. The number of aromatic nitrogens is 1. The molecule has 2 aromatic carbocycles. The molecule has 0 aliphatic heterocycles. The van der Waals surface area contributed by atoms with E-state index in [2.05, 4.69) is 15.6 Å². The molecule has 2 amide bonds. The van der Waals surface area contributed by atoms with Crippen molar-refractivity contribution in [2.75, 3.05) is 23.5 Å². The molecule has 0 spiro atoms. The Balaban J connectivity index is 1.49. The molecule has 12 heteroatoms. The number of rotatable bonds is 9. The van der Waals surface area contributed by atoms with Crippen molar-refractivity contribution >= 4 is 63.0 Å². The normalized spacial score (nSPS) is 10.4. The first kappa shape index (κ1) is 23.5. The summed E-state index contributed by atoms with van der Waals surface area (Å²) in [5.41, 5.74) is 1.12. The van der Waals surface area contributed by atoms with Gasteiger partial charge in [-0.15, -0.1) is 23.1 Å². The van der Waals surface area contributed by atoms with Gasteiger partial charge in [-0.3, -0.25) is 25.0 Å². The Hall–Kier alpha value is -3.15. The fraction of sp³-hybridized carbons (Fsp3) is 0.150. The monoisotopic (exact) mass is 492 g/mol. The van der Waals surface area contributed by atoms with Gasteiger partial charge in [0.05, 0.1) is 34.1 Å². The number of hydrogen-bond donors (Lipinski definition) is 2. The van der Waals surface area contributed by atoms with Crippen molar-refractivity contribution in [3.8, 4) is 5.75 Å². The van der Waals surface area contributed by atoms with Crippen molar-refractivity contribution in [1.29, 1.82) is 0 Å². The minimum absolute atomic E-state index is 0.0119. The number of anilines is 2. The lowest BCUT2D eigenvalue weighted by Gasteiger charge is -2.06. The SMILES string of the molecule is COc1ccc(NC(=O)CSCc2csc(NC(=O)c3cc([N+](=O)[O-])ccc3Cl)n2)cc1. The van der Waals surface area contributed by atoms with Crippen LogP contribution in [0.25, 0.3) is 0 Å². The lowest BCUT2D eigenvalue weighted by molar-refractivity contribution is -0.384. The molecule has 3 aromatic rings. The number of nitrogens with zero attached hydrogens (tertiary/aromatic N) is 2. The third-order valence-corrected chi connectivity index (χ3v) is 6.14. The van der Waals surface area contributed by atoms with Gasteiger partial charge in [-0.1, -0.05) is 11.6 Å². The quantitative estimate of drug-likeness (QED) is 0.323. The van der Waals surface area contributed by atoms with E-state index in [4.69, 9.17) is 16.3 Å².